The van der Waals surface area contributed by atoms with Gasteiger partial charge in [0.25, 0.3) is 0 Å². The maximum absolute atomic E-state index is 5.72. The van der Waals surface area contributed by atoms with E-state index in [0.717, 1.165) is 5.56 Å². The number of hydrogen-bond acceptors (Lipinski definition) is 3. The molecule has 0 saturated heterocycles. The van der Waals surface area contributed by atoms with Gasteiger partial charge in [-0.3, -0.25) is 10.8 Å². The van der Waals surface area contributed by atoms with E-state index in [9.17, 15) is 0 Å². The summed E-state index contributed by atoms with van der Waals surface area (Å²) < 4.78 is 0. The average Bonchev–Trinajstić information content (AvgIpc) is 2.38. The Bertz CT molecular complexity index is 535. The molecule has 0 amide bonds. The second-order valence-corrected chi connectivity index (χ2v) is 4.68. The fourth-order valence-electron chi connectivity index (χ4n) is 2.21. The van der Waals surface area contributed by atoms with Crippen LogP contribution in [0.2, 0.25) is 0 Å². The van der Waals surface area contributed by atoms with E-state index in [1.54, 1.807) is 6.20 Å². The van der Waals surface area contributed by atoms with Crippen molar-refractivity contribution in [3.8, 4) is 0 Å². The van der Waals surface area contributed by atoms with E-state index < -0.39 is 0 Å². The minimum absolute atomic E-state index is 0.0157. The largest absolute Gasteiger partial charge is 0.271 e. The molecule has 1 atom stereocenters. The van der Waals surface area contributed by atoms with Crippen molar-refractivity contribution in [2.75, 3.05) is 0 Å². The van der Waals surface area contributed by atoms with E-state index in [1.165, 1.54) is 22.3 Å². The van der Waals surface area contributed by atoms with Gasteiger partial charge in [0.1, 0.15) is 0 Å². The molecule has 2 aromatic rings. The monoisotopic (exact) mass is 241 g/mol. The van der Waals surface area contributed by atoms with Crippen LogP contribution in [0.25, 0.3) is 0 Å². The molecule has 1 aromatic heterocycles. The molecule has 0 aliphatic carbocycles. The van der Waals surface area contributed by atoms with E-state index in [-0.39, 0.29) is 6.04 Å². The molecule has 0 saturated carbocycles. The van der Waals surface area contributed by atoms with Crippen LogP contribution in [0, 0.1) is 20.8 Å². The summed E-state index contributed by atoms with van der Waals surface area (Å²) in [6.07, 6.45) is 3.61. The first-order chi connectivity index (χ1) is 8.63. The van der Waals surface area contributed by atoms with Crippen molar-refractivity contribution in [2.45, 2.75) is 26.8 Å². The highest BCUT2D eigenvalue weighted by Gasteiger charge is 2.15. The Morgan fingerprint density at radius 1 is 1.11 bits per heavy atom. The molecular formula is C15H19N3. The van der Waals surface area contributed by atoms with Gasteiger partial charge in [-0.05, 0) is 54.7 Å². The Hall–Kier alpha value is -1.71. The summed E-state index contributed by atoms with van der Waals surface area (Å²) in [6.45, 7) is 6.36. The number of nitrogens with one attached hydrogen (secondary N) is 1. The van der Waals surface area contributed by atoms with Crippen LogP contribution in [-0.4, -0.2) is 4.98 Å². The molecule has 3 N–H and O–H groups in total. The van der Waals surface area contributed by atoms with Gasteiger partial charge in [0, 0.05) is 12.4 Å². The van der Waals surface area contributed by atoms with E-state index in [2.05, 4.69) is 43.3 Å². The molecule has 0 fully saturated rings. The Morgan fingerprint density at radius 2 is 1.83 bits per heavy atom. The van der Waals surface area contributed by atoms with E-state index in [1.807, 2.05) is 18.3 Å². The third-order valence-electron chi connectivity index (χ3n) is 3.38. The molecule has 1 unspecified atom stereocenters. The zero-order valence-corrected chi connectivity index (χ0v) is 11.1. The van der Waals surface area contributed by atoms with Crippen molar-refractivity contribution in [1.82, 2.24) is 10.4 Å². The molecule has 1 aromatic carbocycles. The summed E-state index contributed by atoms with van der Waals surface area (Å²) >= 11 is 0. The normalized spacial score (nSPS) is 12.4. The molecule has 94 valence electrons. The molecule has 3 nitrogen and oxygen atoms in total. The predicted molar refractivity (Wildman–Crippen MR) is 74.1 cm³/mol. The van der Waals surface area contributed by atoms with Crippen LogP contribution in [0.3, 0.4) is 0 Å². The van der Waals surface area contributed by atoms with Gasteiger partial charge in [-0.1, -0.05) is 18.2 Å². The van der Waals surface area contributed by atoms with E-state index in [0.29, 0.717) is 0 Å². The lowest BCUT2D eigenvalue weighted by molar-refractivity contribution is 0.631. The number of nitrogens with two attached hydrogens (primary N) is 1. The minimum Gasteiger partial charge on any atom is -0.271 e. The Balaban J connectivity index is 2.49. The molecule has 0 radical (unpaired) electrons. The highest BCUT2D eigenvalue weighted by atomic mass is 15.2. The average molecular weight is 241 g/mol. The maximum Gasteiger partial charge on any atom is 0.0727 e. The number of pyridine rings is 1. The zero-order valence-electron chi connectivity index (χ0n) is 11.1. The molecule has 0 bridgehead atoms. The summed E-state index contributed by atoms with van der Waals surface area (Å²) in [5, 5.41) is 0. The van der Waals surface area contributed by atoms with Gasteiger partial charge < -0.3 is 0 Å². The van der Waals surface area contributed by atoms with Crippen LogP contribution < -0.4 is 11.3 Å². The summed E-state index contributed by atoms with van der Waals surface area (Å²) in [6, 6.07) is 8.34. The zero-order chi connectivity index (χ0) is 13.1. The number of rotatable bonds is 3. The Labute approximate surface area is 108 Å². The van der Waals surface area contributed by atoms with Gasteiger partial charge in [-0.15, -0.1) is 0 Å². The maximum atomic E-state index is 5.72. The summed E-state index contributed by atoms with van der Waals surface area (Å²) in [5.41, 5.74) is 8.98. The second kappa shape index (κ2) is 5.29. The van der Waals surface area contributed by atoms with Crippen molar-refractivity contribution in [2.24, 2.45) is 5.84 Å². The van der Waals surface area contributed by atoms with Crippen molar-refractivity contribution in [3.05, 3.63) is 64.5 Å². The molecule has 2 rings (SSSR count). The first-order valence-corrected chi connectivity index (χ1v) is 6.07. The third kappa shape index (κ3) is 2.42. The second-order valence-electron chi connectivity index (χ2n) is 4.68. The van der Waals surface area contributed by atoms with Crippen molar-refractivity contribution < 1.29 is 0 Å². The van der Waals surface area contributed by atoms with Crippen LogP contribution in [0.4, 0.5) is 0 Å². The quantitative estimate of drug-likeness (QED) is 0.641. The number of hydrazine groups is 1. The van der Waals surface area contributed by atoms with Crippen molar-refractivity contribution in [3.63, 3.8) is 0 Å². The lowest BCUT2D eigenvalue weighted by atomic mass is 9.93. The highest BCUT2D eigenvalue weighted by molar-refractivity contribution is 5.41. The number of aromatic nitrogens is 1. The van der Waals surface area contributed by atoms with Gasteiger partial charge in [-0.2, -0.15) is 0 Å². The first kappa shape index (κ1) is 12.7. The minimum atomic E-state index is -0.0157. The molecule has 0 aliphatic rings. The molecule has 3 heteroatoms. The number of benzene rings is 1. The van der Waals surface area contributed by atoms with Crippen molar-refractivity contribution >= 4 is 0 Å². The van der Waals surface area contributed by atoms with Crippen LogP contribution in [-0.2, 0) is 0 Å². The van der Waals surface area contributed by atoms with Crippen molar-refractivity contribution in [1.29, 1.82) is 0 Å². The van der Waals surface area contributed by atoms with Gasteiger partial charge >= 0.3 is 0 Å². The molecular weight excluding hydrogens is 222 g/mol. The molecule has 0 spiro atoms. The first-order valence-electron chi connectivity index (χ1n) is 6.07. The van der Waals surface area contributed by atoms with E-state index >= 15 is 0 Å². The summed E-state index contributed by atoms with van der Waals surface area (Å²) in [5.74, 6) is 5.72. The lowest BCUT2D eigenvalue weighted by Crippen LogP contribution is -2.29. The van der Waals surface area contributed by atoms with Crippen LogP contribution in [0.5, 0.6) is 0 Å². The van der Waals surface area contributed by atoms with Gasteiger partial charge in [0.05, 0.1) is 6.04 Å². The Morgan fingerprint density at radius 3 is 2.44 bits per heavy atom. The topological polar surface area (TPSA) is 50.9 Å². The third-order valence-corrected chi connectivity index (χ3v) is 3.38. The Kier molecular flexibility index (Phi) is 3.75. The standard InChI is InChI=1S/C15H19N3/c1-10-7-12(3)14(8-11(10)2)15(18-16)13-5-4-6-17-9-13/h4-9,15,18H,16H2,1-3H3. The number of aryl methyl sites for hydroxylation is 3. The van der Waals surface area contributed by atoms with Crippen LogP contribution in [0.1, 0.15) is 33.9 Å². The predicted octanol–water partition coefficient (Wildman–Crippen LogP) is 2.56. The summed E-state index contributed by atoms with van der Waals surface area (Å²) in [4.78, 5) is 4.15. The molecule has 0 aliphatic heterocycles. The van der Waals surface area contributed by atoms with Crippen LogP contribution in [0.15, 0.2) is 36.7 Å². The highest BCUT2D eigenvalue weighted by Crippen LogP contribution is 2.26. The molecule has 1 heterocycles. The van der Waals surface area contributed by atoms with Gasteiger partial charge in [0.15, 0.2) is 0 Å². The number of nitrogens with zero attached hydrogens (tertiary/aromatic N) is 1. The fourth-order valence-corrected chi connectivity index (χ4v) is 2.21. The number of hydrogen-bond donors (Lipinski definition) is 2. The van der Waals surface area contributed by atoms with Gasteiger partial charge in [-0.25, -0.2) is 5.43 Å². The SMILES string of the molecule is Cc1cc(C)c(C(NN)c2cccnc2)cc1C. The van der Waals surface area contributed by atoms with Crippen LogP contribution >= 0.6 is 0 Å². The lowest BCUT2D eigenvalue weighted by Gasteiger charge is -2.20. The fraction of sp³-hybridized carbons (Fsp3) is 0.267. The summed E-state index contributed by atoms with van der Waals surface area (Å²) in [7, 11) is 0. The molecule has 18 heavy (non-hydrogen) atoms. The van der Waals surface area contributed by atoms with E-state index in [4.69, 9.17) is 5.84 Å². The smallest absolute Gasteiger partial charge is 0.0727 e. The van der Waals surface area contributed by atoms with Gasteiger partial charge in [0.2, 0.25) is 0 Å².